The van der Waals surface area contributed by atoms with E-state index in [0.29, 0.717) is 27.7 Å². The standard InChI is InChI=1S/C20H12F3N5O7S2/c21-16-18(22)25-20(23)26-19(16)24-10-2-6-13(15(8-10)37(31,32)33)27-28-14-5-1-9-7-11(36-35-34-30)3-4-12(9)17(14)29/h1-8,29-30H,(H,24,25,26)(H,31,32,33). The number of azo groups is 1. The van der Waals surface area contributed by atoms with Crippen molar-refractivity contribution in [3.63, 3.8) is 0 Å². The molecule has 0 spiro atoms. The number of nitrogens with one attached hydrogen (secondary N) is 1. The summed E-state index contributed by atoms with van der Waals surface area (Å²) >= 11 is 0.714. The van der Waals surface area contributed by atoms with E-state index in [1.165, 1.54) is 12.1 Å². The molecule has 37 heavy (non-hydrogen) atoms. The molecule has 0 radical (unpaired) electrons. The number of phenolic OH excluding ortho intramolecular Hbond substituents is 1. The number of fused-ring (bicyclic) bond motifs is 1. The summed E-state index contributed by atoms with van der Waals surface area (Å²) in [7, 11) is -4.91. The minimum atomic E-state index is -4.91. The van der Waals surface area contributed by atoms with Crippen LogP contribution in [-0.4, -0.2) is 33.3 Å². The fraction of sp³-hybridized carbons (Fsp3) is 0. The molecule has 0 atom stereocenters. The molecule has 17 heteroatoms. The Hall–Kier alpha value is -3.87. The van der Waals surface area contributed by atoms with Crippen molar-refractivity contribution in [3.05, 3.63) is 66.4 Å². The first-order valence-corrected chi connectivity index (χ1v) is 11.8. The number of rotatable bonds is 8. The molecule has 0 aliphatic heterocycles. The van der Waals surface area contributed by atoms with Gasteiger partial charge < -0.3 is 10.4 Å². The molecule has 4 rings (SSSR count). The van der Waals surface area contributed by atoms with Crippen molar-refractivity contribution >= 4 is 55.8 Å². The third kappa shape index (κ3) is 5.93. The second kappa shape index (κ2) is 10.6. The van der Waals surface area contributed by atoms with E-state index in [-0.39, 0.29) is 22.8 Å². The highest BCUT2D eigenvalue weighted by molar-refractivity contribution is 7.94. The Morgan fingerprint density at radius 1 is 0.973 bits per heavy atom. The lowest BCUT2D eigenvalue weighted by Gasteiger charge is -2.09. The minimum absolute atomic E-state index is 0.0552. The predicted molar refractivity (Wildman–Crippen MR) is 122 cm³/mol. The molecule has 3 aromatic carbocycles. The van der Waals surface area contributed by atoms with Crippen LogP contribution in [0.4, 0.5) is 36.1 Å². The first-order valence-electron chi connectivity index (χ1n) is 9.66. The summed E-state index contributed by atoms with van der Waals surface area (Å²) in [6.07, 6.45) is -1.57. The molecule has 0 bridgehead atoms. The van der Waals surface area contributed by atoms with Gasteiger partial charge in [0, 0.05) is 16.0 Å². The van der Waals surface area contributed by atoms with E-state index in [9.17, 15) is 31.2 Å². The smallest absolute Gasteiger partial charge is 0.313 e. The van der Waals surface area contributed by atoms with Gasteiger partial charge in [-0.3, -0.25) is 4.55 Å². The molecule has 12 nitrogen and oxygen atoms in total. The number of nitrogens with zero attached hydrogens (tertiary/aromatic N) is 4. The number of aromatic hydroxyl groups is 1. The lowest BCUT2D eigenvalue weighted by Crippen LogP contribution is -2.06. The fourth-order valence-corrected chi connectivity index (χ4v) is 4.13. The zero-order valence-electron chi connectivity index (χ0n) is 17.8. The third-order valence-electron chi connectivity index (χ3n) is 4.65. The Morgan fingerprint density at radius 2 is 1.70 bits per heavy atom. The Labute approximate surface area is 209 Å². The fourth-order valence-electron chi connectivity index (χ4n) is 3.07. The summed E-state index contributed by atoms with van der Waals surface area (Å²) in [5, 5.41) is 33.0. The van der Waals surface area contributed by atoms with Crippen molar-refractivity contribution in [1.82, 2.24) is 9.97 Å². The van der Waals surface area contributed by atoms with Crippen LogP contribution >= 0.6 is 12.0 Å². The summed E-state index contributed by atoms with van der Waals surface area (Å²) in [4.78, 5) is 5.39. The zero-order chi connectivity index (χ0) is 26.7. The normalized spacial score (nSPS) is 11.9. The molecule has 0 saturated heterocycles. The predicted octanol–water partition coefficient (Wildman–Crippen LogP) is 5.59. The van der Waals surface area contributed by atoms with Gasteiger partial charge in [-0.1, -0.05) is 11.1 Å². The van der Waals surface area contributed by atoms with E-state index in [0.717, 1.165) is 18.2 Å². The molecular weight excluding hydrogens is 543 g/mol. The molecule has 0 fully saturated rings. The Kier molecular flexibility index (Phi) is 7.52. The van der Waals surface area contributed by atoms with Crippen molar-refractivity contribution in [3.8, 4) is 5.75 Å². The molecule has 4 aromatic rings. The minimum Gasteiger partial charge on any atom is -0.505 e. The summed E-state index contributed by atoms with van der Waals surface area (Å²) in [6.45, 7) is 0. The molecule has 0 aliphatic rings. The number of halogens is 3. The Bertz CT molecular complexity index is 1640. The van der Waals surface area contributed by atoms with Crippen LogP contribution in [0.15, 0.2) is 68.6 Å². The summed E-state index contributed by atoms with van der Waals surface area (Å²) in [5.74, 6) is -4.61. The Morgan fingerprint density at radius 3 is 2.43 bits per heavy atom. The first-order chi connectivity index (χ1) is 17.6. The number of benzene rings is 3. The van der Waals surface area contributed by atoms with Gasteiger partial charge >= 0.3 is 6.08 Å². The van der Waals surface area contributed by atoms with Gasteiger partial charge in [0.2, 0.25) is 5.82 Å². The second-order valence-corrected chi connectivity index (χ2v) is 9.13. The number of aromatic nitrogens is 2. The van der Waals surface area contributed by atoms with Crippen LogP contribution in [0.5, 0.6) is 5.75 Å². The van der Waals surface area contributed by atoms with Gasteiger partial charge in [0.05, 0.1) is 12.0 Å². The van der Waals surface area contributed by atoms with Crippen LogP contribution in [0.2, 0.25) is 0 Å². The second-order valence-electron chi connectivity index (χ2n) is 6.97. The summed E-state index contributed by atoms with van der Waals surface area (Å²) in [6, 6.07) is 10.6. The van der Waals surface area contributed by atoms with Gasteiger partial charge in [0.1, 0.15) is 16.3 Å². The molecule has 0 saturated carbocycles. The van der Waals surface area contributed by atoms with Crippen molar-refractivity contribution in [2.45, 2.75) is 9.79 Å². The number of hydrogen-bond acceptors (Lipinski definition) is 12. The summed E-state index contributed by atoms with van der Waals surface area (Å²) in [5.41, 5.74) is -0.651. The largest absolute Gasteiger partial charge is 0.505 e. The SMILES string of the molecule is O=S(=O)(O)c1cc(Nc2nc(F)nc(F)c2F)ccc1N=Nc1ccc2cc(SOOO)ccc2c1O. The average Bonchev–Trinajstić information content (AvgIpc) is 2.85. The number of anilines is 2. The summed E-state index contributed by atoms with van der Waals surface area (Å²) < 4.78 is 78.2. The van der Waals surface area contributed by atoms with E-state index in [1.54, 1.807) is 18.2 Å². The maximum Gasteiger partial charge on any atom is 0.313 e. The van der Waals surface area contributed by atoms with Crippen molar-refractivity contribution in [2.24, 2.45) is 10.2 Å². The van der Waals surface area contributed by atoms with Crippen molar-refractivity contribution in [2.75, 3.05) is 5.32 Å². The molecule has 1 aromatic heterocycles. The van der Waals surface area contributed by atoms with E-state index in [1.807, 2.05) is 0 Å². The Balaban J connectivity index is 1.67. The van der Waals surface area contributed by atoms with Gasteiger partial charge in [-0.15, -0.1) is 14.6 Å². The first kappa shape index (κ1) is 26.2. The highest BCUT2D eigenvalue weighted by Crippen LogP contribution is 2.38. The maximum atomic E-state index is 13.8. The van der Waals surface area contributed by atoms with Gasteiger partial charge in [-0.2, -0.15) is 31.6 Å². The van der Waals surface area contributed by atoms with E-state index in [2.05, 4.69) is 34.9 Å². The van der Waals surface area contributed by atoms with Gasteiger partial charge in [-0.05, 0) is 47.9 Å². The van der Waals surface area contributed by atoms with Gasteiger partial charge in [-0.25, -0.2) is 5.26 Å². The average molecular weight is 555 g/mol. The van der Waals surface area contributed by atoms with E-state index < -0.39 is 38.7 Å². The lowest BCUT2D eigenvalue weighted by atomic mass is 10.1. The van der Waals surface area contributed by atoms with E-state index >= 15 is 0 Å². The van der Waals surface area contributed by atoms with E-state index in [4.69, 9.17) is 5.26 Å². The highest BCUT2D eigenvalue weighted by Gasteiger charge is 2.19. The number of phenols is 1. The van der Waals surface area contributed by atoms with Crippen molar-refractivity contribution in [1.29, 1.82) is 0 Å². The topological polar surface area (TPSA) is 176 Å². The van der Waals surface area contributed by atoms with Gasteiger partial charge in [0.15, 0.2) is 11.6 Å². The lowest BCUT2D eigenvalue weighted by molar-refractivity contribution is -0.432. The zero-order valence-corrected chi connectivity index (χ0v) is 19.5. The molecule has 0 unspecified atom stereocenters. The molecule has 0 amide bonds. The molecule has 192 valence electrons. The van der Waals surface area contributed by atoms with Crippen LogP contribution in [0, 0.1) is 17.8 Å². The molecular formula is C20H12F3N5O7S2. The number of hydrogen-bond donors (Lipinski definition) is 4. The van der Waals surface area contributed by atoms with Gasteiger partial charge in [0.25, 0.3) is 16.1 Å². The molecule has 4 N–H and O–H groups in total. The van der Waals surface area contributed by atoms with Crippen molar-refractivity contribution < 1.29 is 45.9 Å². The van der Waals surface area contributed by atoms with Crippen LogP contribution in [0.1, 0.15) is 0 Å². The van der Waals surface area contributed by atoms with Crippen LogP contribution in [0.3, 0.4) is 0 Å². The quantitative estimate of drug-likeness (QED) is 0.0406. The highest BCUT2D eigenvalue weighted by atomic mass is 32.2. The van der Waals surface area contributed by atoms with Crippen LogP contribution in [0.25, 0.3) is 10.8 Å². The molecule has 1 heterocycles. The molecule has 0 aliphatic carbocycles. The maximum absolute atomic E-state index is 13.8. The monoisotopic (exact) mass is 555 g/mol. The van der Waals surface area contributed by atoms with Crippen LogP contribution < -0.4 is 5.32 Å². The van der Waals surface area contributed by atoms with Crippen LogP contribution in [-0.2, 0) is 19.5 Å². The third-order valence-corrected chi connectivity index (χ3v) is 6.11.